The summed E-state index contributed by atoms with van der Waals surface area (Å²) in [5, 5.41) is 11.8. The molecule has 1 aliphatic carbocycles. The summed E-state index contributed by atoms with van der Waals surface area (Å²) in [6, 6.07) is 8.10. The minimum Gasteiger partial charge on any atom is -0.506 e. The summed E-state index contributed by atoms with van der Waals surface area (Å²) >= 11 is 42.5. The average Bonchev–Trinajstić information content (AvgIpc) is 3.39. The number of aliphatic hydroxyl groups is 1. The molecule has 0 radical (unpaired) electrons. The van der Waals surface area contributed by atoms with Gasteiger partial charge >= 0.3 is 0 Å². The number of benzene rings is 3. The Morgan fingerprint density at radius 2 is 1.29 bits per heavy atom. The average molecular weight is 905 g/mol. The molecular formula is C28H10Cl6I2N2O4. The van der Waals surface area contributed by atoms with Crippen LogP contribution in [0.1, 0.15) is 53.5 Å². The van der Waals surface area contributed by atoms with Gasteiger partial charge in [-0.1, -0.05) is 133 Å². The summed E-state index contributed by atoms with van der Waals surface area (Å²) in [6.45, 7) is 0. The van der Waals surface area contributed by atoms with E-state index in [9.17, 15) is 19.5 Å². The first kappa shape index (κ1) is 30.6. The summed E-state index contributed by atoms with van der Waals surface area (Å²) in [6.07, 6.45) is 0. The number of anilines is 1. The van der Waals surface area contributed by atoms with Crippen molar-refractivity contribution < 1.29 is 19.5 Å². The van der Waals surface area contributed by atoms with Gasteiger partial charge in [0.15, 0.2) is 5.78 Å². The van der Waals surface area contributed by atoms with Crippen molar-refractivity contribution in [2.45, 2.75) is 8.86 Å². The molecule has 0 spiro atoms. The van der Waals surface area contributed by atoms with Crippen LogP contribution in [0.5, 0.6) is 0 Å². The van der Waals surface area contributed by atoms with Crippen LogP contribution in [0.2, 0.25) is 30.1 Å². The number of imide groups is 1. The Morgan fingerprint density at radius 1 is 0.690 bits per heavy atom. The standard InChI is InChI=1S/C28H10Cl6I2N2O4/c29-18-9(6-35)13-15(19(30)10(18)7-36)26(40)14(25(13)39)11-5-4-8-2-1-3-12(24(8)37-11)38-27(41)16-17(28(38)42)21(32)23(34)22(33)20(16)31/h1-5,40H,6-7H2. The van der Waals surface area contributed by atoms with E-state index >= 15 is 0 Å². The fourth-order valence-electron chi connectivity index (χ4n) is 5.13. The molecule has 2 amide bonds. The van der Waals surface area contributed by atoms with Gasteiger partial charge in [-0.15, -0.1) is 0 Å². The Bertz CT molecular complexity index is 1970. The SMILES string of the molecule is O=C1C(c2ccc3cccc(N4C(=O)c5c(Cl)c(Cl)c(Cl)c(Cl)c5C4=O)c3n2)=C(O)c2c(Cl)c(CI)c(Cl)c(CI)c21. The predicted octanol–water partition coefficient (Wildman–Crippen LogP) is 10.4. The van der Waals surface area contributed by atoms with Gasteiger partial charge in [-0.25, -0.2) is 9.88 Å². The second-order valence-electron chi connectivity index (χ2n) is 9.15. The highest BCUT2D eigenvalue weighted by atomic mass is 127. The first-order valence-corrected chi connectivity index (χ1v) is 17.1. The van der Waals surface area contributed by atoms with Crippen LogP contribution in [0, 0.1) is 0 Å². The molecule has 1 aliphatic heterocycles. The lowest BCUT2D eigenvalue weighted by Crippen LogP contribution is -2.29. The first-order valence-electron chi connectivity index (χ1n) is 11.7. The third kappa shape index (κ3) is 4.23. The Labute approximate surface area is 295 Å². The van der Waals surface area contributed by atoms with Crippen molar-refractivity contribution in [1.29, 1.82) is 0 Å². The van der Waals surface area contributed by atoms with Crippen molar-refractivity contribution in [2.75, 3.05) is 4.90 Å². The van der Waals surface area contributed by atoms with E-state index in [1.54, 1.807) is 24.3 Å². The number of aliphatic hydroxyl groups excluding tert-OH is 1. The van der Waals surface area contributed by atoms with E-state index in [-0.39, 0.29) is 75.6 Å². The van der Waals surface area contributed by atoms with Crippen molar-refractivity contribution in [3.8, 4) is 0 Å². The van der Waals surface area contributed by atoms with Crippen molar-refractivity contribution in [3.63, 3.8) is 0 Å². The zero-order valence-corrected chi connectivity index (χ0v) is 29.2. The van der Waals surface area contributed by atoms with E-state index in [1.165, 1.54) is 6.07 Å². The van der Waals surface area contributed by atoms with Crippen molar-refractivity contribution in [2.24, 2.45) is 0 Å². The van der Waals surface area contributed by atoms with Gasteiger partial charge in [-0.3, -0.25) is 14.4 Å². The number of Topliss-reactive ketones (excluding diaryl/α,β-unsaturated/α-hetero) is 1. The second kappa shape index (κ2) is 11.2. The third-order valence-corrected chi connectivity index (χ3v) is 11.3. The molecule has 0 bridgehead atoms. The molecule has 4 aromatic rings. The van der Waals surface area contributed by atoms with Crippen LogP contribution in [0.25, 0.3) is 22.2 Å². The zero-order chi connectivity index (χ0) is 30.4. The number of ketones is 1. The Hall–Kier alpha value is -1.38. The van der Waals surface area contributed by atoms with Gasteiger partial charge in [-0.2, -0.15) is 0 Å². The summed E-state index contributed by atoms with van der Waals surface area (Å²) in [5.74, 6) is -2.37. The molecule has 2 aliphatic rings. The lowest BCUT2D eigenvalue weighted by Gasteiger charge is -2.16. The number of carbonyl (C=O) groups excluding carboxylic acids is 3. The molecule has 1 aromatic heterocycles. The van der Waals surface area contributed by atoms with Crippen LogP contribution in [-0.2, 0) is 8.86 Å². The largest absolute Gasteiger partial charge is 0.506 e. The van der Waals surface area contributed by atoms with E-state index in [1.807, 2.05) is 0 Å². The molecule has 0 fully saturated rings. The molecule has 0 unspecified atom stereocenters. The van der Waals surface area contributed by atoms with Crippen LogP contribution in [0.3, 0.4) is 0 Å². The summed E-state index contributed by atoms with van der Waals surface area (Å²) < 4.78 is 0.867. The molecule has 3 aromatic carbocycles. The van der Waals surface area contributed by atoms with E-state index < -0.39 is 17.6 Å². The monoisotopic (exact) mass is 902 g/mol. The van der Waals surface area contributed by atoms with Crippen molar-refractivity contribution in [1.82, 2.24) is 4.98 Å². The number of nitrogens with zero attached hydrogens (tertiary/aromatic N) is 2. The quantitative estimate of drug-likeness (QED) is 0.0725. The number of allylic oxidation sites excluding steroid dienone is 1. The number of hydrogen-bond acceptors (Lipinski definition) is 5. The second-order valence-corrected chi connectivity index (χ2v) is 12.9. The maximum absolute atomic E-state index is 13.8. The van der Waals surface area contributed by atoms with Gasteiger partial charge in [0.05, 0.1) is 63.7 Å². The number of halogens is 8. The third-order valence-electron chi connectivity index (χ3n) is 7.06. The number of pyridine rings is 1. The van der Waals surface area contributed by atoms with Gasteiger partial charge in [0.25, 0.3) is 11.8 Å². The van der Waals surface area contributed by atoms with Crippen LogP contribution < -0.4 is 4.90 Å². The molecule has 1 N–H and O–H groups in total. The maximum Gasteiger partial charge on any atom is 0.267 e. The number of carbonyl (C=O) groups is 3. The minimum atomic E-state index is -0.772. The predicted molar refractivity (Wildman–Crippen MR) is 185 cm³/mol. The van der Waals surface area contributed by atoms with Crippen LogP contribution in [0.4, 0.5) is 5.69 Å². The molecule has 6 nitrogen and oxygen atoms in total. The Morgan fingerprint density at radius 3 is 1.86 bits per heavy atom. The number of aromatic nitrogens is 1. The van der Waals surface area contributed by atoms with E-state index in [2.05, 4.69) is 50.2 Å². The van der Waals surface area contributed by atoms with Crippen LogP contribution in [0.15, 0.2) is 30.3 Å². The zero-order valence-electron chi connectivity index (χ0n) is 20.4. The molecule has 0 saturated heterocycles. The molecule has 0 atom stereocenters. The topological polar surface area (TPSA) is 87.6 Å². The molecule has 14 heteroatoms. The highest BCUT2D eigenvalue weighted by Crippen LogP contribution is 2.49. The normalized spacial score (nSPS) is 14.5. The number of hydrogen-bond donors (Lipinski definition) is 1. The highest BCUT2D eigenvalue weighted by Gasteiger charge is 2.43. The summed E-state index contributed by atoms with van der Waals surface area (Å²) in [5.41, 5.74) is 1.56. The Balaban J connectivity index is 1.55. The van der Waals surface area contributed by atoms with Crippen LogP contribution >= 0.6 is 115 Å². The molecule has 212 valence electrons. The van der Waals surface area contributed by atoms with Crippen molar-refractivity contribution in [3.05, 3.63) is 99.5 Å². The van der Waals surface area contributed by atoms with Crippen LogP contribution in [-0.4, -0.2) is 27.7 Å². The molecule has 6 rings (SSSR count). The van der Waals surface area contributed by atoms with E-state index in [0.29, 0.717) is 30.4 Å². The van der Waals surface area contributed by atoms with Gasteiger partial charge in [0.1, 0.15) is 5.76 Å². The Kier molecular flexibility index (Phi) is 8.17. The fraction of sp³-hybridized carbons (Fsp3) is 0.0714. The number of para-hydroxylation sites is 1. The van der Waals surface area contributed by atoms with Gasteiger partial charge in [0, 0.05) is 30.9 Å². The summed E-state index contributed by atoms with van der Waals surface area (Å²) in [4.78, 5) is 46.5. The van der Waals surface area contributed by atoms with Gasteiger partial charge < -0.3 is 5.11 Å². The lowest BCUT2D eigenvalue weighted by atomic mass is 9.98. The molecular weight excluding hydrogens is 895 g/mol. The minimum absolute atomic E-state index is 0.0802. The fourth-order valence-corrected chi connectivity index (χ4v) is 9.06. The first-order chi connectivity index (χ1) is 20.0. The van der Waals surface area contributed by atoms with E-state index in [4.69, 9.17) is 69.6 Å². The number of amides is 2. The van der Waals surface area contributed by atoms with Gasteiger partial charge in [0.2, 0.25) is 0 Å². The number of alkyl halides is 2. The van der Waals surface area contributed by atoms with Gasteiger partial charge in [-0.05, 0) is 17.7 Å². The lowest BCUT2D eigenvalue weighted by molar-refractivity contribution is 0.0925. The molecule has 42 heavy (non-hydrogen) atoms. The number of fused-ring (bicyclic) bond motifs is 3. The smallest absolute Gasteiger partial charge is 0.267 e. The number of rotatable bonds is 4. The molecule has 0 saturated carbocycles. The molecule has 2 heterocycles. The summed E-state index contributed by atoms with van der Waals surface area (Å²) in [7, 11) is 0. The van der Waals surface area contributed by atoms with Crippen molar-refractivity contribution >= 4 is 160 Å². The maximum atomic E-state index is 13.8. The van der Waals surface area contributed by atoms with E-state index in [0.717, 1.165) is 4.90 Å². The highest BCUT2D eigenvalue weighted by molar-refractivity contribution is 14.1.